The standard InChI is InChI=1S/C30H33N3O5/c1-19-11-26(20(2)37-19)30(35)33-15-27-28(16-33)36-18-22-6-4-8-25(13-22)38-24-7-3-5-21(12-24)14-32(23-9-10-23)17-29(34)31-27/h3-8,11-13,23,27-28H,9-10,14-18H2,1-2H3,(H,31,34)/t27-,28-/m0/s1. The Kier molecular flexibility index (Phi) is 6.68. The third-order valence-corrected chi connectivity index (χ3v) is 7.46. The van der Waals surface area contributed by atoms with Crippen molar-refractivity contribution in [2.24, 2.45) is 0 Å². The SMILES string of the molecule is Cc1cc(C(=O)N2C[C@@H]3NC(=O)CN(C4CC4)Cc4cccc(c4)Oc4cccc(c4)CO[C@H]3C2)c(C)o1. The Balaban J connectivity index is 1.27. The lowest BCUT2D eigenvalue weighted by molar-refractivity contribution is -0.124. The van der Waals surface area contributed by atoms with E-state index in [0.29, 0.717) is 55.9 Å². The number of likely N-dealkylation sites (tertiary alicyclic amines) is 1. The zero-order chi connectivity index (χ0) is 26.2. The summed E-state index contributed by atoms with van der Waals surface area (Å²) in [6.45, 7) is 5.71. The second kappa shape index (κ2) is 10.3. The summed E-state index contributed by atoms with van der Waals surface area (Å²) < 4.78 is 18.1. The first-order valence-electron chi connectivity index (χ1n) is 13.3. The number of rotatable bonds is 2. The first-order chi connectivity index (χ1) is 18.4. The molecule has 0 spiro atoms. The molecule has 8 heteroatoms. The number of furan rings is 1. The Bertz CT molecular complexity index is 1350. The number of benzene rings is 2. The van der Waals surface area contributed by atoms with Gasteiger partial charge in [0.25, 0.3) is 5.91 Å². The first-order valence-corrected chi connectivity index (χ1v) is 13.3. The van der Waals surface area contributed by atoms with Crippen molar-refractivity contribution in [2.45, 2.75) is 58.0 Å². The zero-order valence-electron chi connectivity index (χ0n) is 21.8. The molecule has 2 amide bonds. The highest BCUT2D eigenvalue weighted by atomic mass is 16.5. The number of nitrogens with one attached hydrogen (secondary N) is 1. The van der Waals surface area contributed by atoms with Gasteiger partial charge < -0.3 is 24.1 Å². The maximum Gasteiger partial charge on any atom is 0.257 e. The summed E-state index contributed by atoms with van der Waals surface area (Å²) in [6, 6.07) is 17.8. The highest BCUT2D eigenvalue weighted by Gasteiger charge is 2.39. The molecule has 2 atom stereocenters. The first kappa shape index (κ1) is 24.7. The van der Waals surface area contributed by atoms with E-state index >= 15 is 0 Å². The number of hydrogen-bond acceptors (Lipinski definition) is 6. The monoisotopic (exact) mass is 515 g/mol. The van der Waals surface area contributed by atoms with Crippen LogP contribution in [-0.2, 0) is 22.7 Å². The highest BCUT2D eigenvalue weighted by Crippen LogP contribution is 2.30. The Hall–Kier alpha value is -3.62. The van der Waals surface area contributed by atoms with Crippen molar-refractivity contribution in [3.63, 3.8) is 0 Å². The Morgan fingerprint density at radius 1 is 0.947 bits per heavy atom. The molecule has 4 bridgehead atoms. The molecular weight excluding hydrogens is 482 g/mol. The van der Waals surface area contributed by atoms with Crippen LogP contribution in [-0.4, -0.2) is 59.4 Å². The van der Waals surface area contributed by atoms with E-state index in [1.165, 1.54) is 0 Å². The van der Waals surface area contributed by atoms with Gasteiger partial charge in [-0.3, -0.25) is 14.5 Å². The summed E-state index contributed by atoms with van der Waals surface area (Å²) in [6.07, 6.45) is 1.85. The number of carbonyl (C=O) groups is 2. The van der Waals surface area contributed by atoms with Gasteiger partial charge in [0, 0.05) is 25.7 Å². The minimum atomic E-state index is -0.337. The van der Waals surface area contributed by atoms with Crippen molar-refractivity contribution < 1.29 is 23.5 Å². The molecular formula is C30H33N3O5. The van der Waals surface area contributed by atoms with Gasteiger partial charge in [0.2, 0.25) is 5.91 Å². The Morgan fingerprint density at radius 2 is 1.68 bits per heavy atom. The van der Waals surface area contributed by atoms with Crippen molar-refractivity contribution in [1.82, 2.24) is 15.1 Å². The van der Waals surface area contributed by atoms with Gasteiger partial charge >= 0.3 is 0 Å². The largest absolute Gasteiger partial charge is 0.466 e. The predicted octanol–water partition coefficient (Wildman–Crippen LogP) is 4.19. The number of carbonyl (C=O) groups excluding carboxylic acids is 2. The van der Waals surface area contributed by atoms with Gasteiger partial charge in [-0.15, -0.1) is 0 Å². The lowest BCUT2D eigenvalue weighted by Crippen LogP contribution is -2.48. The van der Waals surface area contributed by atoms with Crippen molar-refractivity contribution >= 4 is 11.8 Å². The van der Waals surface area contributed by atoms with E-state index in [1.54, 1.807) is 17.9 Å². The van der Waals surface area contributed by atoms with E-state index in [2.05, 4.69) is 16.3 Å². The molecule has 198 valence electrons. The lowest BCUT2D eigenvalue weighted by atomic mass is 10.1. The van der Waals surface area contributed by atoms with E-state index in [-0.39, 0.29) is 24.0 Å². The maximum atomic E-state index is 13.3. The van der Waals surface area contributed by atoms with Gasteiger partial charge in [0.1, 0.15) is 23.0 Å². The van der Waals surface area contributed by atoms with Crippen molar-refractivity contribution in [3.05, 3.63) is 82.8 Å². The summed E-state index contributed by atoms with van der Waals surface area (Å²) in [5, 5.41) is 3.20. The van der Waals surface area contributed by atoms with E-state index in [1.807, 2.05) is 49.4 Å². The van der Waals surface area contributed by atoms with Gasteiger partial charge in [-0.05, 0) is 68.1 Å². The van der Waals surface area contributed by atoms with Crippen LogP contribution in [0.25, 0.3) is 0 Å². The smallest absolute Gasteiger partial charge is 0.257 e. The second-order valence-corrected chi connectivity index (χ2v) is 10.6. The summed E-state index contributed by atoms with van der Waals surface area (Å²) >= 11 is 0. The Labute approximate surface area is 222 Å². The van der Waals surface area contributed by atoms with Gasteiger partial charge in [-0.1, -0.05) is 24.3 Å². The molecule has 0 radical (unpaired) electrons. The minimum absolute atomic E-state index is 0.0540. The fourth-order valence-corrected chi connectivity index (χ4v) is 5.43. The number of fused-ring (bicyclic) bond motifs is 5. The van der Waals surface area contributed by atoms with E-state index in [4.69, 9.17) is 13.9 Å². The summed E-state index contributed by atoms with van der Waals surface area (Å²) in [5.41, 5.74) is 2.62. The molecule has 1 saturated carbocycles. The molecule has 2 aliphatic heterocycles. The number of hydrogen-bond donors (Lipinski definition) is 1. The Morgan fingerprint density at radius 3 is 2.39 bits per heavy atom. The molecule has 8 nitrogen and oxygen atoms in total. The molecule has 3 heterocycles. The van der Waals surface area contributed by atoms with Crippen LogP contribution in [0.2, 0.25) is 0 Å². The maximum absolute atomic E-state index is 13.3. The van der Waals surface area contributed by atoms with Crippen LogP contribution in [0.4, 0.5) is 0 Å². The average Bonchev–Trinajstić information content (AvgIpc) is 3.58. The van der Waals surface area contributed by atoms with E-state index in [9.17, 15) is 9.59 Å². The second-order valence-electron chi connectivity index (χ2n) is 10.6. The number of amides is 2. The normalized spacial score (nSPS) is 22.5. The van der Waals surface area contributed by atoms with Crippen molar-refractivity contribution in [1.29, 1.82) is 0 Å². The molecule has 0 unspecified atom stereocenters. The predicted molar refractivity (Wildman–Crippen MR) is 141 cm³/mol. The molecule has 3 aliphatic rings. The average molecular weight is 516 g/mol. The van der Waals surface area contributed by atoms with E-state index < -0.39 is 0 Å². The third-order valence-electron chi connectivity index (χ3n) is 7.46. The fraction of sp³-hybridized carbons (Fsp3) is 0.400. The van der Waals surface area contributed by atoms with Gasteiger partial charge in [-0.25, -0.2) is 0 Å². The van der Waals surface area contributed by atoms with Crippen LogP contribution < -0.4 is 10.1 Å². The van der Waals surface area contributed by atoms with Crippen LogP contribution >= 0.6 is 0 Å². The van der Waals surface area contributed by atoms with E-state index in [0.717, 1.165) is 35.5 Å². The number of aryl methyl sites for hydroxylation is 2. The molecule has 1 aromatic heterocycles. The topological polar surface area (TPSA) is 84.3 Å². The molecule has 2 fully saturated rings. The lowest BCUT2D eigenvalue weighted by Gasteiger charge is -2.25. The zero-order valence-corrected chi connectivity index (χ0v) is 21.8. The fourth-order valence-electron chi connectivity index (χ4n) is 5.43. The van der Waals surface area contributed by atoms with Crippen molar-refractivity contribution in [2.75, 3.05) is 19.6 Å². The minimum Gasteiger partial charge on any atom is -0.466 e. The highest BCUT2D eigenvalue weighted by molar-refractivity contribution is 5.95. The summed E-state index contributed by atoms with van der Waals surface area (Å²) in [7, 11) is 0. The molecule has 1 N–H and O–H groups in total. The summed E-state index contributed by atoms with van der Waals surface area (Å²) in [4.78, 5) is 30.6. The van der Waals surface area contributed by atoms with Gasteiger partial charge in [0.15, 0.2) is 0 Å². The molecule has 6 rings (SSSR count). The molecule has 1 saturated heterocycles. The molecule has 2 aromatic carbocycles. The van der Waals surface area contributed by atoms with Crippen molar-refractivity contribution in [3.8, 4) is 11.5 Å². The third kappa shape index (κ3) is 5.47. The van der Waals surface area contributed by atoms with Gasteiger partial charge in [0.05, 0.1) is 30.9 Å². The van der Waals surface area contributed by atoms with Crippen LogP contribution in [0.5, 0.6) is 11.5 Å². The number of nitrogens with zero attached hydrogens (tertiary/aromatic N) is 2. The summed E-state index contributed by atoms with van der Waals surface area (Å²) in [5.74, 6) is 2.65. The quantitative estimate of drug-likeness (QED) is 0.551. The molecule has 1 aliphatic carbocycles. The van der Waals surface area contributed by atoms with Crippen LogP contribution in [0.3, 0.4) is 0 Å². The van der Waals surface area contributed by atoms with Crippen LogP contribution in [0.15, 0.2) is 59.0 Å². The number of ether oxygens (including phenoxy) is 2. The van der Waals surface area contributed by atoms with Gasteiger partial charge in [-0.2, -0.15) is 0 Å². The van der Waals surface area contributed by atoms with Crippen LogP contribution in [0, 0.1) is 13.8 Å². The molecule has 3 aromatic rings. The molecule has 38 heavy (non-hydrogen) atoms. The van der Waals surface area contributed by atoms with Crippen LogP contribution in [0.1, 0.15) is 45.8 Å².